The van der Waals surface area contributed by atoms with Crippen LogP contribution in [0.5, 0.6) is 0 Å². The molecule has 5 heteroatoms. The number of nitrogens with two attached hydrogens (primary N) is 1. The van der Waals surface area contributed by atoms with Gasteiger partial charge in [0.15, 0.2) is 5.15 Å². The molecule has 1 saturated heterocycles. The van der Waals surface area contributed by atoms with Gasteiger partial charge in [-0.25, -0.2) is 0 Å². The van der Waals surface area contributed by atoms with Crippen LogP contribution in [0.4, 0.5) is 5.88 Å². The van der Waals surface area contributed by atoms with Gasteiger partial charge in [0.1, 0.15) is 0 Å². The fraction of sp³-hybridized carbons (Fsp3) is 0.625. The lowest BCUT2D eigenvalue weighted by Gasteiger charge is -2.20. The minimum Gasteiger partial charge on any atom is -0.381 e. The number of nitrogens with zero attached hydrogens (tertiary/aromatic N) is 1. The molecule has 0 saturated carbocycles. The molecule has 1 aromatic heterocycles. The van der Waals surface area contributed by atoms with Gasteiger partial charge in [-0.05, 0) is 12.8 Å². The minimum absolute atomic E-state index is 0.243. The zero-order valence-corrected chi connectivity index (χ0v) is 7.88. The summed E-state index contributed by atoms with van der Waals surface area (Å²) in [7, 11) is 0. The van der Waals surface area contributed by atoms with Crippen LogP contribution in [-0.2, 0) is 4.74 Å². The predicted octanol–water partition coefficient (Wildman–Crippen LogP) is 1.80. The van der Waals surface area contributed by atoms with E-state index in [0.717, 1.165) is 25.0 Å². The summed E-state index contributed by atoms with van der Waals surface area (Å²) >= 11 is 5.84. The topological polar surface area (TPSA) is 61.3 Å². The van der Waals surface area contributed by atoms with E-state index < -0.39 is 0 Å². The highest BCUT2D eigenvalue weighted by atomic mass is 35.5. The lowest BCUT2D eigenvalue weighted by molar-refractivity contribution is 0.0805. The number of ether oxygens (including phenoxy) is 1. The van der Waals surface area contributed by atoms with Crippen molar-refractivity contribution in [2.24, 2.45) is 0 Å². The van der Waals surface area contributed by atoms with Crippen molar-refractivity contribution in [1.82, 2.24) is 5.16 Å². The van der Waals surface area contributed by atoms with E-state index in [2.05, 4.69) is 5.16 Å². The number of hydrogen-bond donors (Lipinski definition) is 1. The number of hydrogen-bond acceptors (Lipinski definition) is 4. The third kappa shape index (κ3) is 1.64. The van der Waals surface area contributed by atoms with Crippen molar-refractivity contribution in [3.05, 3.63) is 10.7 Å². The number of halogens is 1. The van der Waals surface area contributed by atoms with Crippen molar-refractivity contribution in [3.8, 4) is 0 Å². The fourth-order valence-corrected chi connectivity index (χ4v) is 1.91. The summed E-state index contributed by atoms with van der Waals surface area (Å²) in [4.78, 5) is 0. The highest BCUT2D eigenvalue weighted by Crippen LogP contribution is 2.34. The van der Waals surface area contributed by atoms with Crippen molar-refractivity contribution < 1.29 is 9.26 Å². The van der Waals surface area contributed by atoms with E-state index in [1.165, 1.54) is 0 Å². The highest BCUT2D eigenvalue weighted by molar-refractivity contribution is 6.30. The van der Waals surface area contributed by atoms with E-state index >= 15 is 0 Å². The molecule has 2 rings (SSSR count). The molecule has 13 heavy (non-hydrogen) atoms. The van der Waals surface area contributed by atoms with E-state index in [1.807, 2.05) is 0 Å². The Morgan fingerprint density at radius 2 is 2.38 bits per heavy atom. The van der Waals surface area contributed by atoms with Crippen LogP contribution in [0.25, 0.3) is 0 Å². The van der Waals surface area contributed by atoms with Crippen LogP contribution >= 0.6 is 11.6 Å². The van der Waals surface area contributed by atoms with Crippen LogP contribution in [0.15, 0.2) is 4.52 Å². The van der Waals surface area contributed by atoms with Crippen LogP contribution in [0, 0.1) is 0 Å². The third-order valence-electron chi connectivity index (χ3n) is 2.28. The van der Waals surface area contributed by atoms with Gasteiger partial charge in [-0.15, -0.1) is 0 Å². The first-order chi connectivity index (χ1) is 6.29. The molecule has 0 aromatic carbocycles. The predicted molar refractivity (Wildman–Crippen MR) is 48.7 cm³/mol. The largest absolute Gasteiger partial charge is 0.381 e. The van der Waals surface area contributed by atoms with Crippen LogP contribution in [0.2, 0.25) is 5.15 Å². The van der Waals surface area contributed by atoms with Crippen LogP contribution in [0.1, 0.15) is 24.3 Å². The number of aromatic nitrogens is 1. The van der Waals surface area contributed by atoms with E-state index in [-0.39, 0.29) is 5.92 Å². The first-order valence-corrected chi connectivity index (χ1v) is 4.65. The van der Waals surface area contributed by atoms with Crippen LogP contribution in [-0.4, -0.2) is 18.4 Å². The monoisotopic (exact) mass is 202 g/mol. The molecular weight excluding hydrogens is 192 g/mol. The van der Waals surface area contributed by atoms with Crippen LogP contribution in [0.3, 0.4) is 0 Å². The molecule has 0 aliphatic carbocycles. The van der Waals surface area contributed by atoms with Crippen molar-refractivity contribution in [1.29, 1.82) is 0 Å². The molecule has 72 valence electrons. The second-order valence-corrected chi connectivity index (χ2v) is 3.52. The summed E-state index contributed by atoms with van der Waals surface area (Å²) in [6, 6.07) is 0. The summed E-state index contributed by atoms with van der Waals surface area (Å²) in [5.41, 5.74) is 6.41. The maximum atomic E-state index is 5.84. The van der Waals surface area contributed by atoms with Gasteiger partial charge in [-0.2, -0.15) is 0 Å². The lowest BCUT2D eigenvalue weighted by atomic mass is 9.96. The Kier molecular flexibility index (Phi) is 2.42. The lowest BCUT2D eigenvalue weighted by Crippen LogP contribution is -2.16. The molecule has 1 atom stereocenters. The minimum atomic E-state index is 0.243. The standard InChI is InChI=1S/C8H11ClN2O2/c9-7-6(8(10)13-11-7)5-2-1-3-12-4-5/h5H,1-4,10H2. The number of nitrogen functional groups attached to an aromatic ring is 1. The molecule has 1 unspecified atom stereocenters. The van der Waals surface area contributed by atoms with Crippen molar-refractivity contribution in [2.75, 3.05) is 18.9 Å². The summed E-state index contributed by atoms with van der Waals surface area (Å²) in [5.74, 6) is 0.563. The first-order valence-electron chi connectivity index (χ1n) is 4.27. The maximum absolute atomic E-state index is 5.84. The maximum Gasteiger partial charge on any atom is 0.227 e. The van der Waals surface area contributed by atoms with Gasteiger partial charge < -0.3 is 15.0 Å². The Bertz CT molecular complexity index is 275. The average molecular weight is 203 g/mol. The van der Waals surface area contributed by atoms with E-state index in [1.54, 1.807) is 0 Å². The average Bonchev–Trinajstić information content (AvgIpc) is 2.48. The quantitative estimate of drug-likeness (QED) is 0.755. The van der Waals surface area contributed by atoms with Crippen molar-refractivity contribution >= 4 is 17.5 Å². The Balaban J connectivity index is 2.22. The van der Waals surface area contributed by atoms with Crippen molar-refractivity contribution in [3.63, 3.8) is 0 Å². The molecular formula is C8H11ClN2O2. The highest BCUT2D eigenvalue weighted by Gasteiger charge is 2.24. The molecule has 1 aromatic rings. The molecule has 1 aliphatic rings. The molecule has 0 radical (unpaired) electrons. The van der Waals surface area contributed by atoms with Gasteiger partial charge >= 0.3 is 0 Å². The Morgan fingerprint density at radius 3 is 2.92 bits per heavy atom. The zero-order chi connectivity index (χ0) is 9.26. The van der Waals surface area contributed by atoms with E-state index in [0.29, 0.717) is 17.6 Å². The molecule has 2 heterocycles. The Hall–Kier alpha value is -0.740. The Morgan fingerprint density at radius 1 is 1.54 bits per heavy atom. The SMILES string of the molecule is Nc1onc(Cl)c1C1CCCOC1. The second-order valence-electron chi connectivity index (χ2n) is 3.17. The fourth-order valence-electron chi connectivity index (χ4n) is 1.63. The van der Waals surface area contributed by atoms with Gasteiger partial charge in [0.05, 0.1) is 12.2 Å². The molecule has 1 fully saturated rings. The molecule has 0 amide bonds. The summed E-state index contributed by atoms with van der Waals surface area (Å²) in [5, 5.41) is 3.97. The second kappa shape index (κ2) is 3.55. The molecule has 0 bridgehead atoms. The van der Waals surface area contributed by atoms with Crippen molar-refractivity contribution in [2.45, 2.75) is 18.8 Å². The van der Waals surface area contributed by atoms with E-state index in [9.17, 15) is 0 Å². The third-order valence-corrected chi connectivity index (χ3v) is 2.55. The molecule has 4 nitrogen and oxygen atoms in total. The number of rotatable bonds is 1. The van der Waals surface area contributed by atoms with E-state index in [4.69, 9.17) is 26.6 Å². The van der Waals surface area contributed by atoms with Crippen LogP contribution < -0.4 is 5.73 Å². The molecule has 1 aliphatic heterocycles. The zero-order valence-electron chi connectivity index (χ0n) is 7.12. The van der Waals surface area contributed by atoms with Gasteiger partial charge in [0.2, 0.25) is 5.88 Å². The Labute approximate surface area is 81.0 Å². The van der Waals surface area contributed by atoms with Gasteiger partial charge in [0, 0.05) is 12.5 Å². The first kappa shape index (κ1) is 8.84. The van der Waals surface area contributed by atoms with Gasteiger partial charge in [-0.3, -0.25) is 0 Å². The summed E-state index contributed by atoms with van der Waals surface area (Å²) in [6.07, 6.45) is 2.07. The van der Waals surface area contributed by atoms with Gasteiger partial charge in [0.25, 0.3) is 0 Å². The smallest absolute Gasteiger partial charge is 0.227 e. The summed E-state index contributed by atoms with van der Waals surface area (Å²) in [6.45, 7) is 1.48. The number of anilines is 1. The molecule has 2 N–H and O–H groups in total. The van der Waals surface area contributed by atoms with Gasteiger partial charge in [-0.1, -0.05) is 16.8 Å². The normalized spacial score (nSPS) is 23.3. The summed E-state index contributed by atoms with van der Waals surface area (Å²) < 4.78 is 10.1. The molecule has 0 spiro atoms.